The number of ether oxygens (including phenoxy) is 1. The van der Waals surface area contributed by atoms with Crippen molar-refractivity contribution in [2.75, 3.05) is 7.11 Å². The molecular weight excluding hydrogens is 417 g/mol. The molecule has 0 bridgehead atoms. The van der Waals surface area contributed by atoms with Gasteiger partial charge in [-0.25, -0.2) is 4.85 Å². The predicted octanol–water partition coefficient (Wildman–Crippen LogP) is 6.85. The van der Waals surface area contributed by atoms with Gasteiger partial charge in [-0.05, 0) is 47.9 Å². The SMILES string of the molecule is [C-]#[N+]c1c(CC(O)(CC(C)(C)c2cc(C(C)C)ccc2OC)C(F)(F)F)[nH]c(C=C)c1C. The predicted molar refractivity (Wildman–Crippen MR) is 121 cm³/mol. The Bertz CT molecular complexity index is 1030. The highest BCUT2D eigenvalue weighted by Gasteiger charge is 2.56. The number of aromatic amines is 1. The van der Waals surface area contributed by atoms with Crippen molar-refractivity contribution in [3.8, 4) is 5.75 Å². The molecule has 2 aromatic rings. The van der Waals surface area contributed by atoms with Gasteiger partial charge < -0.3 is 14.8 Å². The maximum atomic E-state index is 14.3. The van der Waals surface area contributed by atoms with Crippen molar-refractivity contribution in [1.29, 1.82) is 0 Å². The highest BCUT2D eigenvalue weighted by molar-refractivity contribution is 5.66. The number of halogens is 3. The first-order valence-corrected chi connectivity index (χ1v) is 10.4. The number of alkyl halides is 3. The maximum absolute atomic E-state index is 14.3. The van der Waals surface area contributed by atoms with Crippen LogP contribution in [0.5, 0.6) is 5.75 Å². The van der Waals surface area contributed by atoms with E-state index in [0.29, 0.717) is 22.6 Å². The van der Waals surface area contributed by atoms with Crippen molar-refractivity contribution < 1.29 is 23.0 Å². The van der Waals surface area contributed by atoms with Crippen LogP contribution in [-0.2, 0) is 11.8 Å². The molecule has 174 valence electrons. The second-order valence-electron chi connectivity index (χ2n) is 9.19. The number of nitrogens with one attached hydrogen (secondary N) is 1. The summed E-state index contributed by atoms with van der Waals surface area (Å²) in [4.78, 5) is 6.22. The summed E-state index contributed by atoms with van der Waals surface area (Å²) in [6.45, 7) is 20.0. The summed E-state index contributed by atoms with van der Waals surface area (Å²) in [5.74, 6) is 0.646. The van der Waals surface area contributed by atoms with Crippen LogP contribution in [0.3, 0.4) is 0 Å². The van der Waals surface area contributed by atoms with E-state index in [2.05, 4.69) is 16.4 Å². The first-order valence-electron chi connectivity index (χ1n) is 10.4. The second kappa shape index (κ2) is 9.03. The molecular formula is C25H31F3N2O2. The van der Waals surface area contributed by atoms with Crippen LogP contribution in [0, 0.1) is 13.5 Å². The Morgan fingerprint density at radius 3 is 2.38 bits per heavy atom. The quantitative estimate of drug-likeness (QED) is 0.434. The van der Waals surface area contributed by atoms with Crippen LogP contribution in [0.1, 0.15) is 68.1 Å². The van der Waals surface area contributed by atoms with Crippen molar-refractivity contribution in [1.82, 2.24) is 4.98 Å². The van der Waals surface area contributed by atoms with E-state index in [1.54, 1.807) is 26.8 Å². The minimum Gasteiger partial charge on any atom is -0.496 e. The van der Waals surface area contributed by atoms with E-state index in [9.17, 15) is 18.3 Å². The van der Waals surface area contributed by atoms with Gasteiger partial charge in [0.05, 0.1) is 13.7 Å². The van der Waals surface area contributed by atoms with E-state index in [1.807, 2.05) is 26.0 Å². The number of benzene rings is 1. The van der Waals surface area contributed by atoms with Gasteiger partial charge in [-0.15, -0.1) is 0 Å². The molecule has 0 fully saturated rings. The summed E-state index contributed by atoms with van der Waals surface area (Å²) in [7, 11) is 1.47. The van der Waals surface area contributed by atoms with Crippen LogP contribution in [0.4, 0.5) is 18.9 Å². The zero-order valence-electron chi connectivity index (χ0n) is 19.4. The fourth-order valence-corrected chi connectivity index (χ4v) is 4.15. The lowest BCUT2D eigenvalue weighted by atomic mass is 9.72. The Morgan fingerprint density at radius 2 is 1.91 bits per heavy atom. The summed E-state index contributed by atoms with van der Waals surface area (Å²) in [6, 6.07) is 5.49. The normalized spacial score (nSPS) is 14.2. The number of hydrogen-bond donors (Lipinski definition) is 2. The topological polar surface area (TPSA) is 49.6 Å². The molecule has 1 unspecified atom stereocenters. The monoisotopic (exact) mass is 448 g/mol. The third-order valence-corrected chi connectivity index (χ3v) is 6.00. The first kappa shape index (κ1) is 25.5. The van der Waals surface area contributed by atoms with E-state index < -0.39 is 30.0 Å². The third-order valence-electron chi connectivity index (χ3n) is 6.00. The Morgan fingerprint density at radius 1 is 1.28 bits per heavy atom. The molecule has 0 amide bonds. The molecule has 4 nitrogen and oxygen atoms in total. The van der Waals surface area contributed by atoms with Crippen LogP contribution < -0.4 is 4.74 Å². The molecule has 1 aromatic carbocycles. The van der Waals surface area contributed by atoms with Crippen LogP contribution in [-0.4, -0.2) is 29.0 Å². The molecule has 7 heteroatoms. The van der Waals surface area contributed by atoms with E-state index >= 15 is 0 Å². The van der Waals surface area contributed by atoms with Crippen LogP contribution in [0.2, 0.25) is 0 Å². The average Bonchev–Trinajstić information content (AvgIpc) is 2.99. The summed E-state index contributed by atoms with van der Waals surface area (Å²) in [6.07, 6.45) is -4.84. The van der Waals surface area contributed by atoms with Crippen molar-refractivity contribution in [3.05, 3.63) is 64.3 Å². The Balaban J connectivity index is 2.58. The molecule has 0 radical (unpaired) electrons. The zero-order chi connectivity index (χ0) is 24.5. The third kappa shape index (κ3) is 4.86. The largest absolute Gasteiger partial charge is 0.496 e. The highest BCUT2D eigenvalue weighted by Crippen LogP contribution is 2.46. The van der Waals surface area contributed by atoms with E-state index in [4.69, 9.17) is 11.3 Å². The Labute approximate surface area is 187 Å². The molecule has 1 heterocycles. The summed E-state index contributed by atoms with van der Waals surface area (Å²) in [5, 5.41) is 11.0. The fraction of sp³-hybridized carbons (Fsp3) is 0.480. The summed E-state index contributed by atoms with van der Waals surface area (Å²) < 4.78 is 48.2. The van der Waals surface area contributed by atoms with Gasteiger partial charge in [0.2, 0.25) is 5.69 Å². The zero-order valence-corrected chi connectivity index (χ0v) is 19.4. The van der Waals surface area contributed by atoms with Gasteiger partial charge in [0, 0.05) is 23.4 Å². The molecule has 1 aromatic heterocycles. The van der Waals surface area contributed by atoms with Crippen molar-refractivity contribution in [3.63, 3.8) is 0 Å². The second-order valence-corrected chi connectivity index (χ2v) is 9.19. The Kier molecular flexibility index (Phi) is 7.21. The van der Waals surface area contributed by atoms with E-state index in [1.165, 1.54) is 13.2 Å². The number of nitrogens with zero attached hydrogens (tertiary/aromatic N) is 1. The lowest BCUT2D eigenvalue weighted by Crippen LogP contribution is -2.51. The fourth-order valence-electron chi connectivity index (χ4n) is 4.15. The number of methoxy groups -OCH3 is 1. The average molecular weight is 449 g/mol. The molecule has 2 rings (SSSR count). The minimum absolute atomic E-state index is 0.0471. The van der Waals surface area contributed by atoms with Gasteiger partial charge >= 0.3 is 6.18 Å². The lowest BCUT2D eigenvalue weighted by Gasteiger charge is -2.38. The van der Waals surface area contributed by atoms with Gasteiger partial charge in [-0.3, -0.25) is 0 Å². The van der Waals surface area contributed by atoms with Gasteiger partial charge in [-0.2, -0.15) is 13.2 Å². The number of rotatable bonds is 8. The molecule has 0 aliphatic carbocycles. The van der Waals surface area contributed by atoms with E-state index in [-0.39, 0.29) is 17.3 Å². The molecule has 32 heavy (non-hydrogen) atoms. The van der Waals surface area contributed by atoms with E-state index in [0.717, 1.165) is 5.56 Å². The minimum atomic E-state index is -4.92. The smallest absolute Gasteiger partial charge is 0.417 e. The summed E-state index contributed by atoms with van der Waals surface area (Å²) in [5.41, 5.74) is -1.47. The van der Waals surface area contributed by atoms with Crippen molar-refractivity contribution in [2.24, 2.45) is 0 Å². The van der Waals surface area contributed by atoms with Crippen LogP contribution in [0.15, 0.2) is 24.8 Å². The molecule has 1 atom stereocenters. The molecule has 0 aliphatic heterocycles. The number of aliphatic hydroxyl groups is 1. The van der Waals surface area contributed by atoms with Gasteiger partial charge in [0.15, 0.2) is 5.60 Å². The van der Waals surface area contributed by atoms with Crippen LogP contribution in [0.25, 0.3) is 10.9 Å². The number of aromatic nitrogens is 1. The van der Waals surface area contributed by atoms with Crippen LogP contribution >= 0.6 is 0 Å². The molecule has 2 N–H and O–H groups in total. The first-order chi connectivity index (χ1) is 14.7. The van der Waals surface area contributed by atoms with Crippen molar-refractivity contribution in [2.45, 2.75) is 70.6 Å². The number of hydrogen-bond acceptors (Lipinski definition) is 2. The van der Waals surface area contributed by atoms with Crippen molar-refractivity contribution >= 4 is 11.8 Å². The summed E-state index contributed by atoms with van der Waals surface area (Å²) >= 11 is 0. The maximum Gasteiger partial charge on any atom is 0.417 e. The number of H-pyrrole nitrogens is 1. The molecule has 0 saturated heterocycles. The standard InChI is InChI=1S/C25H31F3N2O2/c1-9-19-16(4)22(29-7)20(30-19)13-24(31,25(26,27)28)14-23(5,6)18-12-17(15(2)3)10-11-21(18)32-8/h9-12,15,30-31H,1,13-14H2,2-6,8H3. The molecule has 0 aliphatic rings. The van der Waals surface area contributed by atoms with Gasteiger partial charge in [-0.1, -0.05) is 46.4 Å². The molecule has 0 saturated carbocycles. The van der Waals surface area contributed by atoms with Gasteiger partial charge in [0.1, 0.15) is 5.75 Å². The Hall–Kier alpha value is -2.72. The highest BCUT2D eigenvalue weighted by atomic mass is 19.4. The van der Waals surface area contributed by atoms with Gasteiger partial charge in [0.25, 0.3) is 0 Å². The molecule has 0 spiro atoms. The lowest BCUT2D eigenvalue weighted by molar-refractivity contribution is -0.266.